The zero-order valence-electron chi connectivity index (χ0n) is 17.6. The molecule has 0 radical (unpaired) electrons. The van der Waals surface area contributed by atoms with E-state index >= 15 is 0 Å². The molecule has 0 bridgehead atoms. The highest BCUT2D eigenvalue weighted by molar-refractivity contribution is 7.13. The molecule has 0 atom stereocenters. The lowest BCUT2D eigenvalue weighted by molar-refractivity contribution is -0.149. The number of para-hydroxylation sites is 1. The smallest absolute Gasteiger partial charge is 0.309 e. The summed E-state index contributed by atoms with van der Waals surface area (Å²) < 4.78 is 19.1. The van der Waals surface area contributed by atoms with Crippen molar-refractivity contribution in [3.8, 4) is 0 Å². The van der Waals surface area contributed by atoms with Crippen LogP contribution in [0.4, 0.5) is 15.2 Å². The van der Waals surface area contributed by atoms with E-state index in [1.807, 2.05) is 11.0 Å². The van der Waals surface area contributed by atoms with Gasteiger partial charge >= 0.3 is 5.97 Å². The predicted molar refractivity (Wildman–Crippen MR) is 118 cm³/mol. The number of piperidine rings is 1. The van der Waals surface area contributed by atoms with Gasteiger partial charge in [0.15, 0.2) is 5.13 Å². The summed E-state index contributed by atoms with van der Waals surface area (Å²) in [6, 6.07) is 6.83. The van der Waals surface area contributed by atoms with Crippen molar-refractivity contribution in [1.82, 2.24) is 9.88 Å². The van der Waals surface area contributed by atoms with E-state index in [1.54, 1.807) is 29.3 Å². The number of amides is 1. The Kier molecular flexibility index (Phi) is 6.70. The van der Waals surface area contributed by atoms with E-state index < -0.39 is 0 Å². The number of carbonyl (C=O) groups is 2. The van der Waals surface area contributed by atoms with Crippen molar-refractivity contribution in [2.24, 2.45) is 5.92 Å². The second kappa shape index (κ2) is 9.64. The number of nitrogens with zero attached hydrogens (tertiary/aromatic N) is 4. The Morgan fingerprint density at radius 3 is 2.45 bits per heavy atom. The van der Waals surface area contributed by atoms with Crippen LogP contribution in [-0.4, -0.2) is 67.6 Å². The number of hydrogen-bond donors (Lipinski definition) is 0. The van der Waals surface area contributed by atoms with Gasteiger partial charge in [-0.15, -0.1) is 11.3 Å². The van der Waals surface area contributed by atoms with Crippen LogP contribution in [0.15, 0.2) is 29.6 Å². The molecule has 31 heavy (non-hydrogen) atoms. The van der Waals surface area contributed by atoms with Crippen LogP contribution >= 0.6 is 11.3 Å². The fourth-order valence-corrected chi connectivity index (χ4v) is 4.95. The van der Waals surface area contributed by atoms with Gasteiger partial charge in [0, 0.05) is 44.6 Å². The molecule has 0 unspecified atom stereocenters. The Bertz CT molecular complexity index is 921. The predicted octanol–water partition coefficient (Wildman–Crippen LogP) is 3.02. The first kappa shape index (κ1) is 21.5. The van der Waals surface area contributed by atoms with Crippen molar-refractivity contribution in [2.45, 2.75) is 19.8 Å². The number of esters is 1. The highest BCUT2D eigenvalue weighted by Crippen LogP contribution is 2.27. The molecule has 0 saturated carbocycles. The quantitative estimate of drug-likeness (QED) is 0.658. The number of carbonyl (C=O) groups excluding carboxylic acids is 2. The van der Waals surface area contributed by atoms with E-state index in [4.69, 9.17) is 4.74 Å². The molecule has 0 spiro atoms. The highest BCUT2D eigenvalue weighted by atomic mass is 32.1. The lowest BCUT2D eigenvalue weighted by Gasteiger charge is -2.36. The van der Waals surface area contributed by atoms with Crippen LogP contribution in [0.1, 0.15) is 30.3 Å². The van der Waals surface area contributed by atoms with Gasteiger partial charge in [0.2, 0.25) is 0 Å². The van der Waals surface area contributed by atoms with E-state index in [2.05, 4.69) is 9.88 Å². The Labute approximate surface area is 185 Å². The summed E-state index contributed by atoms with van der Waals surface area (Å²) in [7, 11) is 0. The van der Waals surface area contributed by atoms with Crippen molar-refractivity contribution in [3.63, 3.8) is 0 Å². The number of likely N-dealkylation sites (tertiary alicyclic amines) is 1. The third-order valence-electron chi connectivity index (χ3n) is 5.86. The number of benzene rings is 1. The van der Waals surface area contributed by atoms with Crippen molar-refractivity contribution in [3.05, 3.63) is 41.2 Å². The molecule has 0 N–H and O–H groups in total. The number of ether oxygens (including phenoxy) is 1. The van der Waals surface area contributed by atoms with Gasteiger partial charge in [-0.25, -0.2) is 9.37 Å². The first-order chi connectivity index (χ1) is 15.1. The number of aromatic nitrogens is 1. The Balaban J connectivity index is 1.31. The van der Waals surface area contributed by atoms with E-state index in [1.165, 1.54) is 17.4 Å². The minimum atomic E-state index is -0.204. The Morgan fingerprint density at radius 2 is 1.77 bits per heavy atom. The molecule has 9 heteroatoms. The Hall–Kier alpha value is -2.68. The molecule has 2 aliphatic heterocycles. The summed E-state index contributed by atoms with van der Waals surface area (Å²) >= 11 is 1.46. The molecule has 1 aromatic heterocycles. The normalized spacial score (nSPS) is 17.7. The van der Waals surface area contributed by atoms with Crippen molar-refractivity contribution >= 4 is 34.0 Å². The molecule has 1 aromatic carbocycles. The average Bonchev–Trinajstić information content (AvgIpc) is 3.30. The molecule has 4 rings (SSSR count). The average molecular weight is 447 g/mol. The molecule has 3 heterocycles. The number of halogens is 1. The second-order valence-electron chi connectivity index (χ2n) is 7.76. The van der Waals surface area contributed by atoms with Gasteiger partial charge in [0.05, 0.1) is 18.2 Å². The van der Waals surface area contributed by atoms with Crippen LogP contribution in [0, 0.1) is 11.7 Å². The molecule has 2 aliphatic rings. The molecule has 2 saturated heterocycles. The van der Waals surface area contributed by atoms with Gasteiger partial charge in [0.25, 0.3) is 5.91 Å². The molecule has 7 nitrogen and oxygen atoms in total. The molecular weight excluding hydrogens is 419 g/mol. The van der Waals surface area contributed by atoms with Crippen LogP contribution in [-0.2, 0) is 9.53 Å². The van der Waals surface area contributed by atoms with Crippen molar-refractivity contribution in [1.29, 1.82) is 0 Å². The first-order valence-corrected chi connectivity index (χ1v) is 11.6. The van der Waals surface area contributed by atoms with Crippen LogP contribution in [0.2, 0.25) is 0 Å². The molecule has 0 aliphatic carbocycles. The maximum absolute atomic E-state index is 14.0. The third kappa shape index (κ3) is 4.81. The SMILES string of the molecule is CCOC(=O)C1CCN(C(=O)c2csc(N3CCN(c4ccccc4F)CC3)n2)CC1. The largest absolute Gasteiger partial charge is 0.466 e. The van der Waals surface area contributed by atoms with Crippen LogP contribution < -0.4 is 9.80 Å². The summed E-state index contributed by atoms with van der Waals surface area (Å²) in [6.07, 6.45) is 1.25. The maximum atomic E-state index is 14.0. The van der Waals surface area contributed by atoms with Crippen LogP contribution in [0.3, 0.4) is 0 Å². The lowest BCUT2D eigenvalue weighted by Crippen LogP contribution is -2.46. The standard InChI is InChI=1S/C22H27FN4O3S/c1-2-30-21(29)16-7-9-26(10-8-16)20(28)18-15-31-22(24-18)27-13-11-25(12-14-27)19-6-4-3-5-17(19)23/h3-6,15-16H,2,7-14H2,1H3. The van der Waals surface area contributed by atoms with E-state index in [0.29, 0.717) is 57.0 Å². The molecule has 1 amide bonds. The molecule has 2 fully saturated rings. The number of anilines is 2. The number of thiazole rings is 1. The number of hydrogen-bond acceptors (Lipinski definition) is 7. The summed E-state index contributed by atoms with van der Waals surface area (Å²) in [4.78, 5) is 35.3. The summed E-state index contributed by atoms with van der Waals surface area (Å²) in [5, 5.41) is 2.62. The third-order valence-corrected chi connectivity index (χ3v) is 6.76. The molecule has 166 valence electrons. The minimum Gasteiger partial charge on any atom is -0.466 e. The van der Waals surface area contributed by atoms with E-state index in [9.17, 15) is 14.0 Å². The lowest BCUT2D eigenvalue weighted by atomic mass is 9.97. The molecule has 2 aromatic rings. The minimum absolute atomic E-state index is 0.0881. The van der Waals surface area contributed by atoms with Gasteiger partial charge in [0.1, 0.15) is 11.5 Å². The second-order valence-corrected chi connectivity index (χ2v) is 8.60. The van der Waals surface area contributed by atoms with Crippen LogP contribution in [0.5, 0.6) is 0 Å². The Morgan fingerprint density at radius 1 is 1.10 bits per heavy atom. The number of rotatable bonds is 5. The molecular formula is C22H27FN4O3S. The van der Waals surface area contributed by atoms with E-state index in [0.717, 1.165) is 18.2 Å². The van der Waals surface area contributed by atoms with Gasteiger partial charge in [-0.1, -0.05) is 12.1 Å². The van der Waals surface area contributed by atoms with Gasteiger partial charge < -0.3 is 19.4 Å². The zero-order chi connectivity index (χ0) is 21.8. The van der Waals surface area contributed by atoms with Gasteiger partial charge in [-0.3, -0.25) is 9.59 Å². The summed E-state index contributed by atoms with van der Waals surface area (Å²) in [6.45, 7) is 6.11. The van der Waals surface area contributed by atoms with Gasteiger partial charge in [-0.2, -0.15) is 0 Å². The van der Waals surface area contributed by atoms with Crippen molar-refractivity contribution < 1.29 is 18.7 Å². The topological polar surface area (TPSA) is 66.0 Å². The summed E-state index contributed by atoms with van der Waals surface area (Å²) in [5.74, 6) is -0.583. The van der Waals surface area contributed by atoms with Crippen LogP contribution in [0.25, 0.3) is 0 Å². The van der Waals surface area contributed by atoms with Crippen molar-refractivity contribution in [2.75, 3.05) is 55.7 Å². The number of piperazine rings is 1. The van der Waals surface area contributed by atoms with Gasteiger partial charge in [-0.05, 0) is 31.9 Å². The fourth-order valence-electron chi connectivity index (χ4n) is 4.09. The highest BCUT2D eigenvalue weighted by Gasteiger charge is 2.30. The van der Waals surface area contributed by atoms with E-state index in [-0.39, 0.29) is 23.6 Å². The monoisotopic (exact) mass is 446 g/mol. The summed E-state index contributed by atoms with van der Waals surface area (Å²) in [5.41, 5.74) is 1.08. The first-order valence-electron chi connectivity index (χ1n) is 10.7. The fraction of sp³-hybridized carbons (Fsp3) is 0.500. The maximum Gasteiger partial charge on any atom is 0.309 e. The zero-order valence-corrected chi connectivity index (χ0v) is 18.4.